The van der Waals surface area contributed by atoms with Crippen LogP contribution in [-0.4, -0.2) is 55.7 Å². The van der Waals surface area contributed by atoms with E-state index < -0.39 is 31.7 Å². The highest BCUT2D eigenvalue weighted by molar-refractivity contribution is 8.03. The zero-order valence-electron chi connectivity index (χ0n) is 20.5. The van der Waals surface area contributed by atoms with Gasteiger partial charge in [0.25, 0.3) is 5.01 Å². The van der Waals surface area contributed by atoms with Crippen molar-refractivity contribution in [3.8, 4) is 5.75 Å². The van der Waals surface area contributed by atoms with Crippen molar-refractivity contribution < 1.29 is 35.4 Å². The van der Waals surface area contributed by atoms with Crippen molar-refractivity contribution in [3.63, 3.8) is 0 Å². The predicted octanol–water partition coefficient (Wildman–Crippen LogP) is 2.79. The predicted molar refractivity (Wildman–Crippen MR) is 141 cm³/mol. The number of ether oxygens (including phenoxy) is 1. The minimum atomic E-state index is -4.32. The van der Waals surface area contributed by atoms with Crippen LogP contribution >= 0.6 is 23.1 Å². The summed E-state index contributed by atoms with van der Waals surface area (Å²) in [4.78, 5) is 3.04. The van der Waals surface area contributed by atoms with Crippen LogP contribution in [0, 0.1) is 6.92 Å². The number of nitrogens with zero attached hydrogens (tertiary/aromatic N) is 3. The molecular weight excluding hydrogens is 559 g/mol. The maximum Gasteiger partial charge on any atom is 0.289 e. The molecule has 0 bridgehead atoms. The molecule has 1 aromatic carbocycles. The maximum atomic E-state index is 11.2. The molecule has 2 aromatic rings. The second-order valence-electron chi connectivity index (χ2n) is 8.72. The molecule has 1 aromatic heterocycles. The van der Waals surface area contributed by atoms with Gasteiger partial charge in [-0.05, 0) is 54.4 Å². The minimum absolute atomic E-state index is 0.176. The van der Waals surface area contributed by atoms with E-state index in [1.807, 2.05) is 37.0 Å². The fourth-order valence-corrected chi connectivity index (χ4v) is 7.24. The van der Waals surface area contributed by atoms with E-state index in [4.69, 9.17) is 4.74 Å². The van der Waals surface area contributed by atoms with Gasteiger partial charge < -0.3 is 18.7 Å². The van der Waals surface area contributed by atoms with E-state index in [2.05, 4.69) is 11.2 Å². The quantitative estimate of drug-likeness (QED) is 0.285. The van der Waals surface area contributed by atoms with Crippen LogP contribution in [-0.2, 0) is 33.2 Å². The lowest BCUT2D eigenvalue weighted by Crippen LogP contribution is -2.39. The van der Waals surface area contributed by atoms with Crippen molar-refractivity contribution >= 4 is 55.1 Å². The molecule has 0 saturated heterocycles. The molecule has 14 heteroatoms. The van der Waals surface area contributed by atoms with E-state index in [0.717, 1.165) is 48.9 Å². The van der Waals surface area contributed by atoms with Gasteiger partial charge in [0, 0.05) is 47.0 Å². The van der Waals surface area contributed by atoms with E-state index in [0.29, 0.717) is 26.1 Å². The molecule has 0 amide bonds. The first kappa shape index (κ1) is 28.0. The number of aryl methyl sites for hydroxylation is 2. The molecule has 0 saturated carbocycles. The van der Waals surface area contributed by atoms with Gasteiger partial charge in [-0.15, -0.1) is 0 Å². The molecule has 0 fully saturated rings. The molecule has 2 aliphatic rings. The summed E-state index contributed by atoms with van der Waals surface area (Å²) in [6.07, 6.45) is 5.91. The topological polar surface area (TPSA) is 144 Å². The van der Waals surface area contributed by atoms with Gasteiger partial charge in [-0.1, -0.05) is 29.4 Å². The molecule has 0 radical (unpaired) electrons. The van der Waals surface area contributed by atoms with Crippen molar-refractivity contribution in [3.05, 3.63) is 44.4 Å². The largest absolute Gasteiger partial charge is 0.748 e. The molecule has 4 rings (SSSR count). The number of aromatic nitrogens is 2. The van der Waals surface area contributed by atoms with Crippen molar-refractivity contribution in [2.75, 3.05) is 29.6 Å². The Morgan fingerprint density at radius 3 is 2.62 bits per heavy atom. The average Bonchev–Trinajstić information content (AvgIpc) is 3.48. The van der Waals surface area contributed by atoms with Crippen LogP contribution in [0.4, 0.5) is 5.69 Å². The van der Waals surface area contributed by atoms with Gasteiger partial charge in [-0.2, -0.15) is 0 Å². The second kappa shape index (κ2) is 11.4. The monoisotopic (exact) mass is 586 g/mol. The van der Waals surface area contributed by atoms with Crippen LogP contribution in [0.15, 0.2) is 33.7 Å². The number of hydrogen-bond donors (Lipinski definition) is 0. The second-order valence-corrected chi connectivity index (χ2v) is 14.0. The Hall–Kier alpha value is -1.97. The van der Waals surface area contributed by atoms with Crippen molar-refractivity contribution in [2.45, 2.75) is 51.0 Å². The molecule has 2 aliphatic heterocycles. The first-order valence-electron chi connectivity index (χ1n) is 11.8. The smallest absolute Gasteiger partial charge is 0.289 e. The lowest BCUT2D eigenvalue weighted by molar-refractivity contribution is -0.750. The van der Waals surface area contributed by atoms with Gasteiger partial charge in [0.05, 0.1) is 37.6 Å². The third-order valence-electron chi connectivity index (χ3n) is 5.88. The lowest BCUT2D eigenvalue weighted by atomic mass is 10.1. The number of allylic oxidation sites excluding steroid dienone is 2. The Morgan fingerprint density at radius 2 is 1.92 bits per heavy atom. The van der Waals surface area contributed by atoms with Crippen molar-refractivity contribution in [1.29, 1.82) is 0 Å². The number of hydrogen-bond acceptors (Lipinski definition) is 11. The maximum absolute atomic E-state index is 11.2. The summed E-state index contributed by atoms with van der Waals surface area (Å²) >= 11 is 3.04. The standard InChI is InChI=1S/C23H29N3O7S4/c1-3-17(15-21-26(24-16(2)34-21)10-5-13-37(30,31)32)14-20-25(9-4-12-36(27,28)29)22-19(35-20)7-6-18-8-11-33-23(18)22/h6-7,14-15H,3-5,8-13H2,1-2H3,(H-,27,28,29,30,31,32)/p-1. The normalized spacial score (nSPS) is 16.8. The molecule has 0 spiro atoms. The summed E-state index contributed by atoms with van der Waals surface area (Å²) in [5.74, 6) is -0.0769. The van der Waals surface area contributed by atoms with Crippen LogP contribution in [0.3, 0.4) is 0 Å². The van der Waals surface area contributed by atoms with E-state index in [1.54, 1.807) is 16.4 Å². The SMILES string of the molecule is CCC(/C=C1\Sc2ccc3c(c2N1CCCS(=O)(=O)[O-])OCC3)=C\c1sc(C)n[n+]1CCCS(=O)(=O)[O-]. The van der Waals surface area contributed by atoms with E-state index in [9.17, 15) is 25.9 Å². The molecule has 3 heterocycles. The van der Waals surface area contributed by atoms with Crippen molar-refractivity contribution in [1.82, 2.24) is 5.10 Å². The zero-order valence-corrected chi connectivity index (χ0v) is 23.8. The number of fused-ring (bicyclic) bond motifs is 3. The molecule has 0 aliphatic carbocycles. The lowest BCUT2D eigenvalue weighted by Gasteiger charge is -2.23. The Kier molecular flexibility index (Phi) is 8.65. The Morgan fingerprint density at radius 1 is 1.19 bits per heavy atom. The Bertz CT molecular complexity index is 1450. The number of benzene rings is 1. The average molecular weight is 587 g/mol. The van der Waals surface area contributed by atoms with Crippen molar-refractivity contribution in [2.24, 2.45) is 0 Å². The molecule has 37 heavy (non-hydrogen) atoms. The summed E-state index contributed by atoms with van der Waals surface area (Å²) in [6.45, 7) is 5.14. The van der Waals surface area contributed by atoms with Gasteiger partial charge in [0.1, 0.15) is 5.75 Å². The number of thioether (sulfide) groups is 1. The highest BCUT2D eigenvalue weighted by atomic mass is 32.2. The Balaban J connectivity index is 1.64. The summed E-state index contributed by atoms with van der Waals surface area (Å²) < 4.78 is 74.3. The van der Waals surface area contributed by atoms with Gasteiger partial charge in [-0.25, -0.2) is 16.8 Å². The zero-order chi connectivity index (χ0) is 26.8. The van der Waals surface area contributed by atoms with Crippen LogP contribution in [0.5, 0.6) is 5.75 Å². The minimum Gasteiger partial charge on any atom is -0.748 e. The van der Waals surface area contributed by atoms with Gasteiger partial charge in [0.2, 0.25) is 0 Å². The highest BCUT2D eigenvalue weighted by Gasteiger charge is 2.32. The van der Waals surface area contributed by atoms with Gasteiger partial charge >= 0.3 is 0 Å². The number of anilines is 1. The molecule has 0 atom stereocenters. The van der Waals surface area contributed by atoms with Gasteiger partial charge in [0.15, 0.2) is 11.6 Å². The Labute approximate surface area is 225 Å². The first-order valence-corrected chi connectivity index (χ1v) is 16.6. The highest BCUT2D eigenvalue weighted by Crippen LogP contribution is 2.53. The fourth-order valence-electron chi connectivity index (χ4n) is 4.22. The van der Waals surface area contributed by atoms with Crippen LogP contribution in [0.2, 0.25) is 0 Å². The summed E-state index contributed by atoms with van der Waals surface area (Å²) in [7, 11) is -8.61. The molecular formula is C23H28N3O7S4-. The molecule has 0 N–H and O–H groups in total. The molecule has 10 nitrogen and oxygen atoms in total. The third kappa shape index (κ3) is 7.33. The first-order chi connectivity index (χ1) is 17.4. The summed E-state index contributed by atoms with van der Waals surface area (Å²) in [6, 6.07) is 4.10. The van der Waals surface area contributed by atoms with E-state index >= 15 is 0 Å². The van der Waals surface area contributed by atoms with E-state index in [-0.39, 0.29) is 12.8 Å². The van der Waals surface area contributed by atoms with Crippen LogP contribution < -0.4 is 14.3 Å². The summed E-state index contributed by atoms with van der Waals surface area (Å²) in [5.41, 5.74) is 3.00. The molecule has 202 valence electrons. The van der Waals surface area contributed by atoms with Gasteiger partial charge in [-0.3, -0.25) is 0 Å². The third-order valence-corrected chi connectivity index (χ3v) is 9.47. The van der Waals surface area contributed by atoms with Crippen LogP contribution in [0.25, 0.3) is 6.08 Å². The molecule has 0 unspecified atom stereocenters. The van der Waals surface area contributed by atoms with Crippen LogP contribution in [0.1, 0.15) is 41.8 Å². The number of rotatable bonds is 11. The fraction of sp³-hybridized carbons (Fsp3) is 0.478. The van der Waals surface area contributed by atoms with E-state index in [1.165, 1.54) is 11.3 Å². The summed E-state index contributed by atoms with van der Waals surface area (Å²) in [5, 5.41) is 7.01.